The minimum Gasteiger partial charge on any atom is -0.368 e. The summed E-state index contributed by atoms with van der Waals surface area (Å²) >= 11 is -1.19. The summed E-state index contributed by atoms with van der Waals surface area (Å²) in [7, 11) is 0. The lowest BCUT2D eigenvalue weighted by atomic mass is 10.2. The van der Waals surface area contributed by atoms with Gasteiger partial charge < -0.3 is 15.6 Å². The molecule has 0 spiro atoms. The predicted molar refractivity (Wildman–Crippen MR) is 103 cm³/mol. The number of anilines is 2. The second-order valence-corrected chi connectivity index (χ2v) is 7.43. The molecule has 12 heteroatoms. The van der Waals surface area contributed by atoms with E-state index in [1.54, 1.807) is 17.5 Å². The molecule has 0 saturated heterocycles. The largest absolute Gasteiger partial charge is 0.368 e. The zero-order chi connectivity index (χ0) is 20.1. The molecule has 0 aliphatic heterocycles. The first kappa shape index (κ1) is 19.8. The number of nitrogen functional groups attached to an aromatic ring is 1. The lowest BCUT2D eigenvalue weighted by Gasteiger charge is -2.10. The molecular weight excluding hydrogens is 407 g/mol. The van der Waals surface area contributed by atoms with E-state index in [-0.39, 0.29) is 29.1 Å². The predicted octanol–water partition coefficient (Wildman–Crippen LogP) is 2.29. The molecular formula is C16H15FN6O3S2. The van der Waals surface area contributed by atoms with Crippen LogP contribution in [0.5, 0.6) is 0 Å². The Morgan fingerprint density at radius 3 is 2.79 bits per heavy atom. The molecule has 0 saturated carbocycles. The first-order chi connectivity index (χ1) is 13.4. The van der Waals surface area contributed by atoms with Crippen LogP contribution >= 0.6 is 11.3 Å². The minimum atomic E-state index is -2.28. The van der Waals surface area contributed by atoms with Crippen LogP contribution < -0.4 is 16.4 Å². The fraction of sp³-hybridized carbons (Fsp3) is 0.125. The van der Waals surface area contributed by atoms with E-state index < -0.39 is 22.4 Å². The monoisotopic (exact) mass is 422 g/mol. The molecule has 146 valence electrons. The molecule has 0 aliphatic carbocycles. The van der Waals surface area contributed by atoms with Crippen molar-refractivity contribution in [3.05, 3.63) is 64.7 Å². The van der Waals surface area contributed by atoms with E-state index in [1.807, 2.05) is 0 Å². The number of urea groups is 1. The van der Waals surface area contributed by atoms with Gasteiger partial charge in [0.2, 0.25) is 5.95 Å². The van der Waals surface area contributed by atoms with Crippen molar-refractivity contribution in [1.29, 1.82) is 0 Å². The number of halogens is 1. The van der Waals surface area contributed by atoms with Crippen LogP contribution in [0.15, 0.2) is 42.0 Å². The number of carbonyl (C=O) groups excluding carboxylic acids is 1. The molecule has 2 atom stereocenters. The number of hydrogen-bond donors (Lipinski definition) is 4. The summed E-state index contributed by atoms with van der Waals surface area (Å²) in [5, 5.41) is 5.92. The van der Waals surface area contributed by atoms with Crippen LogP contribution in [0.3, 0.4) is 0 Å². The van der Waals surface area contributed by atoms with E-state index >= 15 is 0 Å². The van der Waals surface area contributed by atoms with E-state index in [2.05, 4.69) is 25.6 Å². The number of hydrogen-bond acceptors (Lipinski definition) is 7. The SMILES string of the molecule is Nc1ncc(C(c2csc(NC(=O)NCc3cccc(F)c3)n2)S(=O)O)cn1. The second kappa shape index (κ2) is 8.82. The van der Waals surface area contributed by atoms with Gasteiger partial charge in [0, 0.05) is 29.9 Å². The Morgan fingerprint density at radius 1 is 1.36 bits per heavy atom. The number of thiazole rings is 1. The summed E-state index contributed by atoms with van der Waals surface area (Å²) < 4.78 is 34.5. The van der Waals surface area contributed by atoms with E-state index in [1.165, 1.54) is 24.5 Å². The molecule has 2 unspecified atom stereocenters. The molecule has 9 nitrogen and oxygen atoms in total. The number of amides is 2. The summed E-state index contributed by atoms with van der Waals surface area (Å²) in [5.41, 5.74) is 6.68. The van der Waals surface area contributed by atoms with Gasteiger partial charge in [-0.05, 0) is 17.7 Å². The molecule has 5 N–H and O–H groups in total. The summed E-state index contributed by atoms with van der Waals surface area (Å²) in [6.45, 7) is 0.133. The van der Waals surface area contributed by atoms with E-state index in [4.69, 9.17) is 5.73 Å². The molecule has 1 aromatic carbocycles. The van der Waals surface area contributed by atoms with Gasteiger partial charge in [-0.15, -0.1) is 11.3 Å². The molecule has 28 heavy (non-hydrogen) atoms. The third-order valence-electron chi connectivity index (χ3n) is 3.55. The average molecular weight is 422 g/mol. The fourth-order valence-electron chi connectivity index (χ4n) is 2.31. The Hall–Kier alpha value is -2.96. The summed E-state index contributed by atoms with van der Waals surface area (Å²) in [4.78, 5) is 23.8. The first-order valence-electron chi connectivity index (χ1n) is 7.84. The smallest absolute Gasteiger partial charge is 0.321 e. The molecule has 0 bridgehead atoms. The van der Waals surface area contributed by atoms with Crippen LogP contribution in [0.4, 0.5) is 20.3 Å². The normalized spacial score (nSPS) is 12.9. The van der Waals surface area contributed by atoms with Crippen LogP contribution in [-0.2, 0) is 17.6 Å². The lowest BCUT2D eigenvalue weighted by Crippen LogP contribution is -2.28. The van der Waals surface area contributed by atoms with Crippen molar-refractivity contribution in [1.82, 2.24) is 20.3 Å². The highest BCUT2D eigenvalue weighted by Crippen LogP contribution is 2.29. The first-order valence-corrected chi connectivity index (χ1v) is 9.89. The Kier molecular flexibility index (Phi) is 6.23. The Labute approximate surface area is 165 Å². The molecule has 2 amide bonds. The number of carbonyl (C=O) groups is 1. The molecule has 3 aromatic rings. The van der Waals surface area contributed by atoms with E-state index in [9.17, 15) is 17.9 Å². The van der Waals surface area contributed by atoms with Crippen molar-refractivity contribution in [2.24, 2.45) is 0 Å². The molecule has 2 heterocycles. The molecule has 0 radical (unpaired) electrons. The number of nitrogens with two attached hydrogens (primary N) is 1. The maximum absolute atomic E-state index is 13.1. The summed E-state index contributed by atoms with van der Waals surface area (Å²) in [5.74, 6) is -0.346. The average Bonchev–Trinajstić information content (AvgIpc) is 3.09. The maximum Gasteiger partial charge on any atom is 0.321 e. The van der Waals surface area contributed by atoms with Crippen molar-refractivity contribution >= 4 is 39.5 Å². The number of rotatable bonds is 6. The van der Waals surface area contributed by atoms with Gasteiger partial charge in [-0.3, -0.25) is 5.32 Å². The number of nitrogens with one attached hydrogen (secondary N) is 2. The van der Waals surface area contributed by atoms with Gasteiger partial charge >= 0.3 is 6.03 Å². The zero-order valence-electron chi connectivity index (χ0n) is 14.2. The van der Waals surface area contributed by atoms with Crippen LogP contribution in [0, 0.1) is 5.82 Å². The van der Waals surface area contributed by atoms with Gasteiger partial charge in [-0.25, -0.2) is 28.3 Å². The van der Waals surface area contributed by atoms with Gasteiger partial charge in [0.25, 0.3) is 0 Å². The maximum atomic E-state index is 13.1. The van der Waals surface area contributed by atoms with Crippen LogP contribution in [0.1, 0.15) is 22.1 Å². The molecule has 3 rings (SSSR count). The van der Waals surface area contributed by atoms with Crippen LogP contribution in [0.25, 0.3) is 0 Å². The quantitative estimate of drug-likeness (QED) is 0.446. The minimum absolute atomic E-state index is 0.0434. The third kappa shape index (κ3) is 5.06. The Morgan fingerprint density at radius 2 is 2.11 bits per heavy atom. The van der Waals surface area contributed by atoms with Crippen molar-refractivity contribution in [3.63, 3.8) is 0 Å². The van der Waals surface area contributed by atoms with Gasteiger partial charge in [-0.2, -0.15) is 0 Å². The highest BCUT2D eigenvalue weighted by atomic mass is 32.2. The standard InChI is InChI=1S/C16H15FN6O3S2/c17-11-3-1-2-9(4-11)5-21-15(24)23-16-22-12(8-27-16)13(28(25)26)10-6-19-14(18)20-7-10/h1-4,6-8,13H,5H2,(H,25,26)(H2,18,19,20)(H2,21,22,23,24). The Balaban J connectivity index is 1.65. The summed E-state index contributed by atoms with van der Waals surface area (Å²) in [6.07, 6.45) is 2.69. The topological polar surface area (TPSA) is 143 Å². The van der Waals surface area contributed by atoms with E-state index in [0.717, 1.165) is 11.3 Å². The van der Waals surface area contributed by atoms with Crippen molar-refractivity contribution in [3.8, 4) is 0 Å². The molecule has 0 aliphatic rings. The highest BCUT2D eigenvalue weighted by Gasteiger charge is 2.24. The van der Waals surface area contributed by atoms with Gasteiger partial charge in [0.15, 0.2) is 16.2 Å². The van der Waals surface area contributed by atoms with Crippen molar-refractivity contribution in [2.75, 3.05) is 11.1 Å². The van der Waals surface area contributed by atoms with E-state index in [0.29, 0.717) is 11.1 Å². The lowest BCUT2D eigenvalue weighted by molar-refractivity contribution is 0.251. The van der Waals surface area contributed by atoms with Gasteiger partial charge in [0.1, 0.15) is 11.1 Å². The van der Waals surface area contributed by atoms with Crippen molar-refractivity contribution < 1.29 is 17.9 Å². The van der Waals surface area contributed by atoms with Crippen LogP contribution in [0.2, 0.25) is 0 Å². The fourth-order valence-corrected chi connectivity index (χ4v) is 3.81. The van der Waals surface area contributed by atoms with Gasteiger partial charge in [0.05, 0.1) is 5.69 Å². The zero-order valence-corrected chi connectivity index (χ0v) is 15.8. The Bertz CT molecular complexity index is 998. The number of nitrogens with zero attached hydrogens (tertiary/aromatic N) is 3. The highest BCUT2D eigenvalue weighted by molar-refractivity contribution is 7.79. The molecule has 2 aromatic heterocycles. The number of aromatic nitrogens is 3. The van der Waals surface area contributed by atoms with Crippen LogP contribution in [-0.4, -0.2) is 29.7 Å². The second-order valence-electron chi connectivity index (χ2n) is 5.55. The third-order valence-corrected chi connectivity index (χ3v) is 5.24. The van der Waals surface area contributed by atoms with Crippen molar-refractivity contribution in [2.45, 2.75) is 11.8 Å². The number of benzene rings is 1. The summed E-state index contributed by atoms with van der Waals surface area (Å²) in [6, 6.07) is 5.32. The van der Waals surface area contributed by atoms with Gasteiger partial charge in [-0.1, -0.05) is 12.1 Å². The molecule has 0 fully saturated rings.